The number of halogens is 2. The predicted octanol–water partition coefficient (Wildman–Crippen LogP) is 3.14. The molecule has 1 saturated carbocycles. The van der Waals surface area contributed by atoms with E-state index in [4.69, 9.17) is 4.52 Å². The van der Waals surface area contributed by atoms with E-state index >= 15 is 0 Å². The number of carbonyl (C=O) groups excluding carboxylic acids is 1. The van der Waals surface area contributed by atoms with Crippen LogP contribution in [0.4, 0.5) is 8.78 Å². The molecule has 2 aliphatic rings. The molecule has 1 atom stereocenters. The maximum atomic E-state index is 14.0. The SMILES string of the molecule is CC(C)C(NC(=O)C1CCN(S(=O)(=O)c2cc(F)ccc2F)CC1)c1nc(C2CC2)no1. The highest BCUT2D eigenvalue weighted by molar-refractivity contribution is 7.89. The second-order valence-corrected chi connectivity index (χ2v) is 10.7. The molecule has 2 aromatic rings. The van der Waals surface area contributed by atoms with E-state index in [0.717, 1.165) is 29.3 Å². The van der Waals surface area contributed by atoms with Crippen molar-refractivity contribution in [2.75, 3.05) is 13.1 Å². The standard InChI is InChI=1S/C21H26F2N4O4S/c1-12(2)18(21-25-19(26-31-21)13-3-4-13)24-20(28)14-7-9-27(10-8-14)32(29,30)17-11-15(22)5-6-16(17)23/h5-6,11-14,18H,3-4,7-10H2,1-2H3,(H,24,28). The van der Waals surface area contributed by atoms with Crippen molar-refractivity contribution in [2.45, 2.75) is 56.4 Å². The van der Waals surface area contributed by atoms with E-state index in [9.17, 15) is 22.0 Å². The Morgan fingerprint density at radius 2 is 1.88 bits per heavy atom. The first-order chi connectivity index (χ1) is 15.2. The van der Waals surface area contributed by atoms with Gasteiger partial charge in [-0.25, -0.2) is 17.2 Å². The Morgan fingerprint density at radius 1 is 1.19 bits per heavy atom. The Hall–Kier alpha value is -2.40. The van der Waals surface area contributed by atoms with Crippen molar-refractivity contribution in [3.05, 3.63) is 41.5 Å². The van der Waals surface area contributed by atoms with Gasteiger partial charge in [-0.2, -0.15) is 9.29 Å². The summed E-state index contributed by atoms with van der Waals surface area (Å²) >= 11 is 0. The molecule has 8 nitrogen and oxygen atoms in total. The second-order valence-electron chi connectivity index (χ2n) is 8.75. The third-order valence-electron chi connectivity index (χ3n) is 5.97. The fraction of sp³-hybridized carbons (Fsp3) is 0.571. The lowest BCUT2D eigenvalue weighted by molar-refractivity contribution is -0.127. The quantitative estimate of drug-likeness (QED) is 0.669. The molecule has 1 aromatic heterocycles. The molecule has 174 valence electrons. The Bertz CT molecular complexity index is 1090. The molecule has 1 aromatic carbocycles. The van der Waals surface area contributed by atoms with Crippen LogP contribution in [0.3, 0.4) is 0 Å². The van der Waals surface area contributed by atoms with Gasteiger partial charge in [-0.3, -0.25) is 4.79 Å². The predicted molar refractivity (Wildman–Crippen MR) is 110 cm³/mol. The largest absolute Gasteiger partial charge is 0.344 e. The van der Waals surface area contributed by atoms with Gasteiger partial charge in [0.05, 0.1) is 0 Å². The Kier molecular flexibility index (Phi) is 6.30. The van der Waals surface area contributed by atoms with Crippen LogP contribution in [-0.4, -0.2) is 41.9 Å². The van der Waals surface area contributed by atoms with E-state index in [-0.39, 0.29) is 37.8 Å². The van der Waals surface area contributed by atoms with Crippen molar-refractivity contribution in [2.24, 2.45) is 11.8 Å². The van der Waals surface area contributed by atoms with Crippen LogP contribution in [0, 0.1) is 23.5 Å². The smallest absolute Gasteiger partial charge is 0.249 e. The molecule has 2 heterocycles. The Labute approximate surface area is 185 Å². The minimum atomic E-state index is -4.19. The summed E-state index contributed by atoms with van der Waals surface area (Å²) < 4.78 is 59.4. The van der Waals surface area contributed by atoms with E-state index in [1.54, 1.807) is 0 Å². The van der Waals surface area contributed by atoms with Gasteiger partial charge in [0.15, 0.2) is 5.82 Å². The van der Waals surface area contributed by atoms with Gasteiger partial charge in [0.2, 0.25) is 21.8 Å². The molecule has 0 radical (unpaired) electrons. The van der Waals surface area contributed by atoms with E-state index in [1.807, 2.05) is 13.8 Å². The normalized spacial score (nSPS) is 19.3. The molecule has 11 heteroatoms. The topological polar surface area (TPSA) is 105 Å². The molecular weight excluding hydrogens is 442 g/mol. The summed E-state index contributed by atoms with van der Waals surface area (Å²) in [7, 11) is -4.19. The highest BCUT2D eigenvalue weighted by Gasteiger charge is 2.36. The third-order valence-corrected chi connectivity index (χ3v) is 7.88. The highest BCUT2D eigenvalue weighted by atomic mass is 32.2. The molecule has 4 rings (SSSR count). The van der Waals surface area contributed by atoms with E-state index in [0.29, 0.717) is 23.7 Å². The van der Waals surface area contributed by atoms with Gasteiger partial charge < -0.3 is 9.84 Å². The molecular formula is C21H26F2N4O4S. The summed E-state index contributed by atoms with van der Waals surface area (Å²) in [4.78, 5) is 16.6. The van der Waals surface area contributed by atoms with Crippen LogP contribution in [-0.2, 0) is 14.8 Å². The first-order valence-corrected chi connectivity index (χ1v) is 12.2. The lowest BCUT2D eigenvalue weighted by atomic mass is 9.95. The van der Waals surface area contributed by atoms with Crippen LogP contribution in [0.15, 0.2) is 27.6 Å². The average molecular weight is 469 g/mol. The molecule has 1 N–H and O–H groups in total. The first kappa shape index (κ1) is 22.8. The number of rotatable bonds is 7. The fourth-order valence-electron chi connectivity index (χ4n) is 3.84. The van der Waals surface area contributed by atoms with Crippen LogP contribution in [0.25, 0.3) is 0 Å². The highest BCUT2D eigenvalue weighted by Crippen LogP contribution is 2.39. The number of nitrogens with zero attached hydrogens (tertiary/aromatic N) is 3. The number of hydrogen-bond acceptors (Lipinski definition) is 6. The van der Waals surface area contributed by atoms with E-state index < -0.39 is 38.5 Å². The zero-order chi connectivity index (χ0) is 23.0. The number of benzene rings is 1. The molecule has 0 spiro atoms. The summed E-state index contributed by atoms with van der Waals surface area (Å²) in [6.45, 7) is 3.95. The first-order valence-electron chi connectivity index (χ1n) is 10.8. The average Bonchev–Trinajstić information content (AvgIpc) is 3.50. The van der Waals surface area contributed by atoms with Crippen LogP contribution in [0.2, 0.25) is 0 Å². The zero-order valence-corrected chi connectivity index (χ0v) is 18.7. The van der Waals surface area contributed by atoms with Crippen LogP contribution >= 0.6 is 0 Å². The summed E-state index contributed by atoms with van der Waals surface area (Å²) in [6, 6.07) is 1.90. The summed E-state index contributed by atoms with van der Waals surface area (Å²) in [6.07, 6.45) is 2.62. The van der Waals surface area contributed by atoms with Crippen molar-refractivity contribution < 1.29 is 26.5 Å². The zero-order valence-electron chi connectivity index (χ0n) is 17.9. The molecule has 32 heavy (non-hydrogen) atoms. The van der Waals surface area contributed by atoms with Crippen molar-refractivity contribution in [1.29, 1.82) is 0 Å². The molecule has 1 aliphatic carbocycles. The Balaban J connectivity index is 1.39. The van der Waals surface area contributed by atoms with Gasteiger partial charge in [0.1, 0.15) is 22.6 Å². The monoisotopic (exact) mass is 468 g/mol. The third kappa shape index (κ3) is 4.68. The fourth-order valence-corrected chi connectivity index (χ4v) is 5.38. The van der Waals surface area contributed by atoms with Crippen molar-refractivity contribution in [3.63, 3.8) is 0 Å². The van der Waals surface area contributed by atoms with Gasteiger partial charge in [0.25, 0.3) is 0 Å². The van der Waals surface area contributed by atoms with Gasteiger partial charge in [0, 0.05) is 24.9 Å². The molecule has 0 bridgehead atoms. The number of nitrogens with one attached hydrogen (secondary N) is 1. The van der Waals surface area contributed by atoms with Crippen LogP contribution in [0.5, 0.6) is 0 Å². The van der Waals surface area contributed by atoms with Gasteiger partial charge in [-0.05, 0) is 49.8 Å². The second kappa shape index (κ2) is 8.86. The number of piperidine rings is 1. The van der Waals surface area contributed by atoms with Crippen LogP contribution in [0.1, 0.15) is 63.2 Å². The minimum absolute atomic E-state index is 0.0165. The molecule has 1 aliphatic heterocycles. The summed E-state index contributed by atoms with van der Waals surface area (Å²) in [5, 5.41) is 6.98. The number of sulfonamides is 1. The molecule has 1 saturated heterocycles. The van der Waals surface area contributed by atoms with Crippen molar-refractivity contribution >= 4 is 15.9 Å². The number of hydrogen-bond donors (Lipinski definition) is 1. The van der Waals surface area contributed by atoms with Crippen molar-refractivity contribution in [1.82, 2.24) is 19.8 Å². The van der Waals surface area contributed by atoms with Gasteiger partial charge in [-0.15, -0.1) is 0 Å². The molecule has 1 unspecified atom stereocenters. The minimum Gasteiger partial charge on any atom is -0.344 e. The van der Waals surface area contributed by atoms with Crippen LogP contribution < -0.4 is 5.32 Å². The van der Waals surface area contributed by atoms with E-state index in [2.05, 4.69) is 15.5 Å². The lowest BCUT2D eigenvalue weighted by Crippen LogP contribution is -2.44. The maximum Gasteiger partial charge on any atom is 0.249 e. The molecule has 1 amide bonds. The number of carbonyl (C=O) groups is 1. The Morgan fingerprint density at radius 3 is 2.50 bits per heavy atom. The van der Waals surface area contributed by atoms with Crippen molar-refractivity contribution in [3.8, 4) is 0 Å². The van der Waals surface area contributed by atoms with E-state index in [1.165, 1.54) is 0 Å². The number of amides is 1. The maximum absolute atomic E-state index is 14.0. The van der Waals surface area contributed by atoms with Gasteiger partial charge >= 0.3 is 0 Å². The van der Waals surface area contributed by atoms with Gasteiger partial charge in [-0.1, -0.05) is 19.0 Å². The number of aromatic nitrogens is 2. The summed E-state index contributed by atoms with van der Waals surface area (Å²) in [5.74, 6) is -1.07. The lowest BCUT2D eigenvalue weighted by Gasteiger charge is -2.31. The summed E-state index contributed by atoms with van der Waals surface area (Å²) in [5.41, 5.74) is 0. The molecule has 2 fully saturated rings.